The van der Waals surface area contributed by atoms with Crippen molar-refractivity contribution in [2.24, 2.45) is 0 Å². The second-order valence-corrected chi connectivity index (χ2v) is 10.9. The van der Waals surface area contributed by atoms with Crippen LogP contribution < -0.4 is 10.9 Å². The maximum atomic E-state index is 13.6. The minimum Gasteiger partial charge on any atom is -0.353 e. The van der Waals surface area contributed by atoms with Crippen LogP contribution in [0.1, 0.15) is 50.5 Å². The summed E-state index contributed by atoms with van der Waals surface area (Å²) in [5.74, 6) is 0.376. The van der Waals surface area contributed by atoms with Gasteiger partial charge in [-0.2, -0.15) is 0 Å². The average Bonchev–Trinajstić information content (AvgIpc) is 3.24. The third-order valence-electron chi connectivity index (χ3n) is 6.45. The highest BCUT2D eigenvalue weighted by Gasteiger charge is 2.21. The van der Waals surface area contributed by atoms with Crippen molar-refractivity contribution < 1.29 is 4.79 Å². The highest BCUT2D eigenvalue weighted by molar-refractivity contribution is 7.99. The number of pyridine rings is 1. The number of carbonyl (C=O) groups is 1. The first-order chi connectivity index (χ1) is 16.6. The molecule has 1 aliphatic rings. The van der Waals surface area contributed by atoms with E-state index in [0.717, 1.165) is 23.1 Å². The lowest BCUT2D eigenvalue weighted by atomic mass is 9.95. The Morgan fingerprint density at radius 1 is 1.18 bits per heavy atom. The summed E-state index contributed by atoms with van der Waals surface area (Å²) in [5.41, 5.74) is 1.78. The first-order valence-electron chi connectivity index (χ1n) is 11.9. The summed E-state index contributed by atoms with van der Waals surface area (Å²) < 4.78 is 2.36. The zero-order chi connectivity index (χ0) is 23.5. The van der Waals surface area contributed by atoms with Crippen molar-refractivity contribution in [2.75, 3.05) is 5.75 Å². The van der Waals surface area contributed by atoms with E-state index in [2.05, 4.69) is 29.4 Å². The van der Waals surface area contributed by atoms with Crippen LogP contribution in [0.25, 0.3) is 20.4 Å². The number of aromatic nitrogens is 3. The Labute approximate surface area is 206 Å². The Morgan fingerprint density at radius 3 is 2.76 bits per heavy atom. The van der Waals surface area contributed by atoms with Gasteiger partial charge in [0.2, 0.25) is 5.91 Å². The molecule has 5 rings (SSSR count). The molecule has 34 heavy (non-hydrogen) atoms. The number of nitrogens with one attached hydrogen (secondary N) is 1. The molecular formula is C26H28N4O2S2. The van der Waals surface area contributed by atoms with Gasteiger partial charge >= 0.3 is 0 Å². The lowest BCUT2D eigenvalue weighted by Gasteiger charge is -2.22. The number of thiophene rings is 1. The van der Waals surface area contributed by atoms with E-state index in [-0.39, 0.29) is 29.2 Å². The van der Waals surface area contributed by atoms with Crippen LogP contribution in [0.5, 0.6) is 0 Å². The smallest absolute Gasteiger partial charge is 0.272 e. The number of benzene rings is 1. The Balaban J connectivity index is 1.47. The number of carbonyl (C=O) groups excluding carboxylic acids is 1. The summed E-state index contributed by atoms with van der Waals surface area (Å²) in [6, 6.07) is 14.3. The van der Waals surface area contributed by atoms with Crippen molar-refractivity contribution in [2.45, 2.75) is 62.7 Å². The lowest BCUT2D eigenvalue weighted by Crippen LogP contribution is -2.37. The first kappa shape index (κ1) is 23.1. The Morgan fingerprint density at radius 2 is 1.97 bits per heavy atom. The molecule has 6 nitrogen and oxygen atoms in total. The molecule has 0 unspecified atom stereocenters. The molecule has 0 radical (unpaired) electrons. The number of nitrogens with zero attached hydrogens (tertiary/aromatic N) is 3. The van der Waals surface area contributed by atoms with E-state index < -0.39 is 0 Å². The number of hydrogen-bond acceptors (Lipinski definition) is 6. The molecule has 1 aliphatic carbocycles. The third-order valence-corrected chi connectivity index (χ3v) is 8.51. The molecule has 176 valence electrons. The van der Waals surface area contributed by atoms with E-state index in [1.165, 1.54) is 47.9 Å². The summed E-state index contributed by atoms with van der Waals surface area (Å²) in [5, 5.41) is 4.64. The minimum atomic E-state index is -0.0639. The van der Waals surface area contributed by atoms with Crippen molar-refractivity contribution in [3.05, 3.63) is 64.6 Å². The van der Waals surface area contributed by atoms with Crippen LogP contribution in [0.3, 0.4) is 0 Å². The van der Waals surface area contributed by atoms with Crippen LogP contribution in [0.2, 0.25) is 0 Å². The first-order valence-corrected chi connectivity index (χ1v) is 13.7. The van der Waals surface area contributed by atoms with Gasteiger partial charge in [0.05, 0.1) is 11.3 Å². The Kier molecular flexibility index (Phi) is 6.97. The predicted octanol–water partition coefficient (Wildman–Crippen LogP) is 5.35. The molecule has 3 heterocycles. The van der Waals surface area contributed by atoms with E-state index in [1.807, 2.05) is 30.3 Å². The Bertz CT molecular complexity index is 1360. The number of hydrogen-bond donors (Lipinski definition) is 1. The van der Waals surface area contributed by atoms with Crippen LogP contribution in [0.4, 0.5) is 0 Å². The molecule has 0 aliphatic heterocycles. The van der Waals surface area contributed by atoms with Crippen molar-refractivity contribution >= 4 is 49.4 Å². The minimum absolute atomic E-state index is 0.00532. The van der Waals surface area contributed by atoms with Crippen LogP contribution in [-0.4, -0.2) is 32.2 Å². The largest absolute Gasteiger partial charge is 0.353 e. The van der Waals surface area contributed by atoms with Gasteiger partial charge in [-0.15, -0.1) is 11.3 Å². The number of fused-ring (bicyclic) bond motifs is 3. The molecular weight excluding hydrogens is 464 g/mol. The maximum Gasteiger partial charge on any atom is 0.272 e. The number of amides is 1. The predicted molar refractivity (Wildman–Crippen MR) is 140 cm³/mol. The van der Waals surface area contributed by atoms with Crippen molar-refractivity contribution in [1.82, 2.24) is 19.9 Å². The van der Waals surface area contributed by atoms with Gasteiger partial charge in [0.25, 0.3) is 5.56 Å². The second kappa shape index (κ2) is 10.3. The average molecular weight is 493 g/mol. The summed E-state index contributed by atoms with van der Waals surface area (Å²) in [7, 11) is 0. The van der Waals surface area contributed by atoms with E-state index >= 15 is 0 Å². The van der Waals surface area contributed by atoms with Crippen molar-refractivity contribution in [3.8, 4) is 0 Å². The van der Waals surface area contributed by atoms with Gasteiger partial charge in [-0.3, -0.25) is 14.2 Å². The van der Waals surface area contributed by atoms with Gasteiger partial charge in [-0.25, -0.2) is 9.97 Å². The fourth-order valence-electron chi connectivity index (χ4n) is 4.62. The summed E-state index contributed by atoms with van der Waals surface area (Å²) in [6.45, 7) is 2.61. The highest BCUT2D eigenvalue weighted by atomic mass is 32.2. The molecule has 1 aromatic carbocycles. The van der Waals surface area contributed by atoms with Gasteiger partial charge in [-0.1, -0.05) is 68.3 Å². The van der Waals surface area contributed by atoms with Gasteiger partial charge in [0.15, 0.2) is 5.16 Å². The van der Waals surface area contributed by atoms with E-state index in [4.69, 9.17) is 4.98 Å². The summed E-state index contributed by atoms with van der Waals surface area (Å²) in [6.07, 6.45) is 7.43. The summed E-state index contributed by atoms with van der Waals surface area (Å²) >= 11 is 2.73. The highest BCUT2D eigenvalue weighted by Crippen LogP contribution is 2.31. The van der Waals surface area contributed by atoms with Gasteiger partial charge in [0, 0.05) is 24.2 Å². The number of thioether (sulfide) groups is 1. The second-order valence-electron chi connectivity index (χ2n) is 8.95. The Hall–Kier alpha value is -2.71. The van der Waals surface area contributed by atoms with Crippen molar-refractivity contribution in [1.29, 1.82) is 0 Å². The molecule has 3 aromatic heterocycles. The summed E-state index contributed by atoms with van der Waals surface area (Å²) in [4.78, 5) is 36.5. The quantitative estimate of drug-likeness (QED) is 0.278. The number of rotatable bonds is 7. The molecule has 1 amide bonds. The normalized spacial score (nSPS) is 15.6. The third kappa shape index (κ3) is 4.88. The van der Waals surface area contributed by atoms with E-state index in [9.17, 15) is 9.59 Å². The topological polar surface area (TPSA) is 76.9 Å². The molecule has 0 saturated heterocycles. The molecule has 0 spiro atoms. The van der Waals surface area contributed by atoms with Gasteiger partial charge < -0.3 is 5.32 Å². The van der Waals surface area contributed by atoms with Gasteiger partial charge in [-0.05, 0) is 36.5 Å². The standard InChI is InChI=1S/C26H28N4O2S2/c1-17(18-9-4-2-5-10-18)15-30-25(32)23-22(20-13-8-14-27-24(20)34-23)29-26(30)33-16-21(31)28-19-11-6-3-7-12-19/h2,4-5,8-10,13-14,17,19H,3,6-7,11-12,15-16H2,1H3,(H,28,31)/t17-/m1/s1. The van der Waals surface area contributed by atoms with Crippen LogP contribution in [0, 0.1) is 0 Å². The molecule has 8 heteroatoms. The molecule has 1 atom stereocenters. The molecule has 0 bridgehead atoms. The fourth-order valence-corrected chi connectivity index (χ4v) is 6.46. The van der Waals surface area contributed by atoms with Crippen LogP contribution >= 0.6 is 23.1 Å². The molecule has 1 fully saturated rings. The van der Waals surface area contributed by atoms with Crippen LogP contribution in [0.15, 0.2) is 58.6 Å². The molecule has 1 saturated carbocycles. The van der Waals surface area contributed by atoms with Crippen LogP contribution in [-0.2, 0) is 11.3 Å². The molecule has 1 N–H and O–H groups in total. The zero-order valence-electron chi connectivity index (χ0n) is 19.2. The molecule has 4 aromatic rings. The maximum absolute atomic E-state index is 13.6. The lowest BCUT2D eigenvalue weighted by molar-refractivity contribution is -0.119. The van der Waals surface area contributed by atoms with E-state index in [1.54, 1.807) is 10.8 Å². The fraction of sp³-hybridized carbons (Fsp3) is 0.385. The SMILES string of the molecule is C[C@H](Cn1c(SCC(=O)NC2CCCCC2)nc2c(sc3ncccc32)c1=O)c1ccccc1. The zero-order valence-corrected chi connectivity index (χ0v) is 20.8. The van der Waals surface area contributed by atoms with E-state index in [0.29, 0.717) is 21.9 Å². The van der Waals surface area contributed by atoms with Crippen molar-refractivity contribution in [3.63, 3.8) is 0 Å². The monoisotopic (exact) mass is 492 g/mol. The van der Waals surface area contributed by atoms with Gasteiger partial charge in [0.1, 0.15) is 9.53 Å².